The Morgan fingerprint density at radius 3 is 1.75 bits per heavy atom. The van der Waals surface area contributed by atoms with Gasteiger partial charge in [0.15, 0.2) is 0 Å². The maximum absolute atomic E-state index is 12.2. The summed E-state index contributed by atoms with van der Waals surface area (Å²) in [6.45, 7) is 1.15. The molecule has 0 unspecified atom stereocenters. The Labute approximate surface area is 228 Å². The molecule has 2 aromatic carbocycles. The van der Waals surface area contributed by atoms with Gasteiger partial charge in [-0.3, -0.25) is 4.79 Å². The summed E-state index contributed by atoms with van der Waals surface area (Å²) in [5.41, 5.74) is 3.17. The van der Waals surface area contributed by atoms with Gasteiger partial charge in [0.1, 0.15) is 6.54 Å². The maximum Gasteiger partial charge on any atom is 2.00 e. The number of halogens is 4. The minimum Gasteiger partial charge on any atom is -1.00 e. The number of likely N-dealkylation sites (N-methyl/N-ethyl adjacent to an activating group) is 1. The molecule has 32 heavy (non-hydrogen) atoms. The summed E-state index contributed by atoms with van der Waals surface area (Å²) >= 11 is 0. The third kappa shape index (κ3) is 13.3. The van der Waals surface area contributed by atoms with Crippen molar-refractivity contribution in [3.05, 3.63) is 54.1 Å². The van der Waals surface area contributed by atoms with Crippen molar-refractivity contribution in [2.24, 2.45) is 10.2 Å². The number of hydrogen-bond acceptors (Lipinski definition) is 5. The van der Waals surface area contributed by atoms with E-state index in [9.17, 15) is 4.79 Å². The molecule has 0 aliphatic rings. The molecule has 11 heteroatoms. The molecule has 0 radical (unpaired) electrons. The van der Waals surface area contributed by atoms with Crippen LogP contribution in [0.4, 0.5) is 17.1 Å². The Hall–Kier alpha value is -1.26. The summed E-state index contributed by atoms with van der Waals surface area (Å²) in [7, 11) is 7.93. The standard InChI is InChI=1S/C21H26N5O.4ClH.Zn/c1-25(15-5-14-22)20-12-10-19(11-13-20)24-23-18-8-6-17(7-9-18)21(27)16-26(2,3)4;;;;;/h6-13H,5,15-16H2,1-4H3;4*1H;/q+1;;;;;+2/p-4. The van der Waals surface area contributed by atoms with Crippen LogP contribution in [0.3, 0.4) is 0 Å². The number of nitrogens with zero attached hydrogens (tertiary/aromatic N) is 5. The number of quaternary nitrogens is 1. The average molecular weight is 572 g/mol. The van der Waals surface area contributed by atoms with Crippen molar-refractivity contribution in [3.8, 4) is 6.07 Å². The zero-order valence-electron chi connectivity index (χ0n) is 18.6. The maximum atomic E-state index is 12.2. The Kier molecular flexibility index (Phi) is 21.6. The second kappa shape index (κ2) is 18.2. The van der Waals surface area contributed by atoms with Crippen molar-refractivity contribution in [3.63, 3.8) is 0 Å². The van der Waals surface area contributed by atoms with Crippen molar-refractivity contribution in [2.75, 3.05) is 46.2 Å². The van der Waals surface area contributed by atoms with E-state index in [1.807, 2.05) is 57.4 Å². The molecule has 0 aliphatic carbocycles. The summed E-state index contributed by atoms with van der Waals surface area (Å²) in [6.07, 6.45) is 0.491. The van der Waals surface area contributed by atoms with Crippen LogP contribution in [0, 0.1) is 11.3 Å². The van der Waals surface area contributed by atoms with E-state index in [4.69, 9.17) is 5.26 Å². The fourth-order valence-corrected chi connectivity index (χ4v) is 2.47. The van der Waals surface area contributed by atoms with E-state index in [1.54, 1.807) is 24.3 Å². The molecule has 0 heterocycles. The van der Waals surface area contributed by atoms with Crippen LogP contribution in [0.2, 0.25) is 0 Å². The molecule has 0 spiro atoms. The van der Waals surface area contributed by atoms with E-state index in [2.05, 4.69) is 16.3 Å². The van der Waals surface area contributed by atoms with Gasteiger partial charge < -0.3 is 59.0 Å². The smallest absolute Gasteiger partial charge is 1.00 e. The molecule has 0 fully saturated rings. The van der Waals surface area contributed by atoms with E-state index in [1.165, 1.54) is 0 Å². The molecular formula is C21H26Cl4N5OZn-. The van der Waals surface area contributed by atoms with Crippen LogP contribution >= 0.6 is 0 Å². The molecular weight excluding hydrogens is 545 g/mol. The van der Waals surface area contributed by atoms with Crippen molar-refractivity contribution >= 4 is 22.8 Å². The van der Waals surface area contributed by atoms with Crippen molar-refractivity contribution in [1.29, 1.82) is 5.26 Å². The van der Waals surface area contributed by atoms with E-state index >= 15 is 0 Å². The van der Waals surface area contributed by atoms with Crippen LogP contribution in [-0.2, 0) is 19.5 Å². The van der Waals surface area contributed by atoms with Crippen LogP contribution in [0.15, 0.2) is 58.8 Å². The first kappa shape index (κ1) is 38.0. The SMILES string of the molecule is CN(CCC#N)c1ccc(N=Nc2ccc(C(=O)C[N+](C)(C)C)cc2)cc1.[Cl-].[Cl-].[Cl-].[Cl-].[Zn+2]. The molecule has 0 aromatic heterocycles. The number of nitriles is 1. The topological polar surface area (TPSA) is 68.8 Å². The average Bonchev–Trinajstić information content (AvgIpc) is 2.64. The molecule has 0 aliphatic heterocycles. The molecule has 172 valence electrons. The van der Waals surface area contributed by atoms with Gasteiger partial charge in [-0.1, -0.05) is 0 Å². The van der Waals surface area contributed by atoms with E-state index < -0.39 is 0 Å². The number of anilines is 1. The van der Waals surface area contributed by atoms with E-state index in [0.29, 0.717) is 35.2 Å². The fourth-order valence-electron chi connectivity index (χ4n) is 2.47. The number of Topliss-reactive ketones (excluding diaryl/α,β-unsaturated/α-hetero) is 1. The number of rotatable bonds is 8. The molecule has 0 saturated heterocycles. The van der Waals surface area contributed by atoms with Gasteiger partial charge in [0, 0.05) is 24.8 Å². The Morgan fingerprint density at radius 2 is 1.34 bits per heavy atom. The Bertz CT molecular complexity index is 850. The van der Waals surface area contributed by atoms with Gasteiger partial charge in [-0.05, 0) is 48.5 Å². The molecule has 2 rings (SSSR count). The second-order valence-electron chi connectivity index (χ2n) is 7.46. The van der Waals surface area contributed by atoms with Gasteiger partial charge in [-0.2, -0.15) is 15.5 Å². The van der Waals surface area contributed by atoms with Crippen LogP contribution in [-0.4, -0.2) is 51.5 Å². The van der Waals surface area contributed by atoms with Gasteiger partial charge in [-0.15, -0.1) is 0 Å². The number of azo groups is 1. The van der Waals surface area contributed by atoms with Crippen molar-refractivity contribution in [2.45, 2.75) is 6.42 Å². The minimum absolute atomic E-state index is 0. The predicted molar refractivity (Wildman–Crippen MR) is 108 cm³/mol. The number of carbonyl (C=O) groups excluding carboxylic acids is 1. The van der Waals surface area contributed by atoms with Crippen LogP contribution in [0.25, 0.3) is 0 Å². The third-order valence-electron chi connectivity index (χ3n) is 3.94. The first-order valence-electron chi connectivity index (χ1n) is 8.82. The summed E-state index contributed by atoms with van der Waals surface area (Å²) in [4.78, 5) is 14.2. The summed E-state index contributed by atoms with van der Waals surface area (Å²) in [5, 5.41) is 17.1. The molecule has 0 amide bonds. The van der Waals surface area contributed by atoms with Gasteiger partial charge in [0.05, 0.1) is 45.0 Å². The number of carbonyl (C=O) groups is 1. The third-order valence-corrected chi connectivity index (χ3v) is 3.94. The molecule has 0 bridgehead atoms. The second-order valence-corrected chi connectivity index (χ2v) is 7.46. The zero-order valence-corrected chi connectivity index (χ0v) is 24.6. The Morgan fingerprint density at radius 1 is 0.906 bits per heavy atom. The van der Waals surface area contributed by atoms with Gasteiger partial charge in [-0.25, -0.2) is 0 Å². The largest absolute Gasteiger partial charge is 2.00 e. The van der Waals surface area contributed by atoms with Crippen molar-refractivity contribution < 1.29 is 78.4 Å². The predicted octanol–water partition coefficient (Wildman–Crippen LogP) is -7.65. The first-order chi connectivity index (χ1) is 12.8. The Balaban J connectivity index is -0.000000784. The van der Waals surface area contributed by atoms with Gasteiger partial charge in [0.25, 0.3) is 0 Å². The summed E-state index contributed by atoms with van der Waals surface area (Å²) < 4.78 is 0.599. The summed E-state index contributed by atoms with van der Waals surface area (Å²) in [6, 6.07) is 17.0. The van der Waals surface area contributed by atoms with E-state index in [-0.39, 0.29) is 74.9 Å². The van der Waals surface area contributed by atoms with Crippen LogP contribution in [0.5, 0.6) is 0 Å². The van der Waals surface area contributed by atoms with Crippen molar-refractivity contribution in [1.82, 2.24) is 0 Å². The summed E-state index contributed by atoms with van der Waals surface area (Å²) in [5.74, 6) is 0.113. The molecule has 0 N–H and O–H groups in total. The monoisotopic (exact) mass is 568 g/mol. The van der Waals surface area contributed by atoms with Crippen LogP contribution in [0.1, 0.15) is 16.8 Å². The number of ketones is 1. The zero-order chi connectivity index (χ0) is 19.9. The van der Waals surface area contributed by atoms with E-state index in [0.717, 1.165) is 11.4 Å². The number of hydrogen-bond donors (Lipinski definition) is 0. The molecule has 0 atom stereocenters. The molecule has 6 nitrogen and oxygen atoms in total. The van der Waals surface area contributed by atoms with Crippen LogP contribution < -0.4 is 54.5 Å². The minimum atomic E-state index is 0. The molecule has 2 aromatic rings. The van der Waals surface area contributed by atoms with Gasteiger partial charge in [0.2, 0.25) is 5.78 Å². The fraction of sp³-hybridized carbons (Fsp3) is 0.333. The normalized spacial score (nSPS) is 9.59. The molecule has 0 saturated carbocycles. The van der Waals surface area contributed by atoms with Gasteiger partial charge >= 0.3 is 19.5 Å². The first-order valence-corrected chi connectivity index (χ1v) is 8.82. The quantitative estimate of drug-likeness (QED) is 0.137. The number of benzene rings is 2.